The Morgan fingerprint density at radius 3 is 2.30 bits per heavy atom. The molecule has 0 bridgehead atoms. The molecule has 0 aromatic rings. The molecule has 132 valence electrons. The van der Waals surface area contributed by atoms with Crippen LogP contribution in [0.15, 0.2) is 0 Å². The number of carbonyl (C=O) groups excluding carboxylic acids is 2. The summed E-state index contributed by atoms with van der Waals surface area (Å²) < 4.78 is 0. The summed E-state index contributed by atoms with van der Waals surface area (Å²) in [5.41, 5.74) is 5.40. The van der Waals surface area contributed by atoms with Gasteiger partial charge in [-0.25, -0.2) is 0 Å². The fourth-order valence-electron chi connectivity index (χ4n) is 4.23. The summed E-state index contributed by atoms with van der Waals surface area (Å²) in [6.45, 7) is 4.30. The van der Waals surface area contributed by atoms with Crippen molar-refractivity contribution in [2.45, 2.75) is 70.8 Å². The zero-order chi connectivity index (χ0) is 16.7. The lowest BCUT2D eigenvalue weighted by Crippen LogP contribution is -2.44. The molecule has 2 fully saturated rings. The van der Waals surface area contributed by atoms with Crippen LogP contribution in [0.25, 0.3) is 0 Å². The molecule has 1 saturated heterocycles. The minimum Gasteiger partial charge on any atom is -0.370 e. The molecule has 5 nitrogen and oxygen atoms in total. The van der Waals surface area contributed by atoms with Gasteiger partial charge in [0.2, 0.25) is 11.8 Å². The Hall–Kier alpha value is -1.10. The molecule has 4 N–H and O–H groups in total. The number of carbonyl (C=O) groups is 2. The predicted molar refractivity (Wildman–Crippen MR) is 91.7 cm³/mol. The normalized spacial score (nSPS) is 23.2. The van der Waals surface area contributed by atoms with Gasteiger partial charge in [0.1, 0.15) is 0 Å². The maximum Gasteiger partial charge on any atom is 0.220 e. The Balaban J connectivity index is 1.84. The standard InChI is InChI=1S/C18H33N3O2/c1-13(14-7-9-20-10-8-14)11-18(23)21-16(12-17(19)22)15-5-3-2-4-6-15/h13-16,20H,2-12H2,1H3,(H2,19,22)(H,21,23). The third kappa shape index (κ3) is 6.13. The SMILES string of the molecule is CC(CC(=O)NC(CC(N)=O)C1CCCCC1)C1CCNCC1. The van der Waals surface area contributed by atoms with Crippen molar-refractivity contribution in [1.82, 2.24) is 10.6 Å². The molecular formula is C18H33N3O2. The van der Waals surface area contributed by atoms with Crippen molar-refractivity contribution in [1.29, 1.82) is 0 Å². The summed E-state index contributed by atoms with van der Waals surface area (Å²) >= 11 is 0. The molecule has 1 aliphatic heterocycles. The van der Waals surface area contributed by atoms with E-state index in [0.717, 1.165) is 38.8 Å². The van der Waals surface area contributed by atoms with Gasteiger partial charge in [-0.3, -0.25) is 9.59 Å². The lowest BCUT2D eigenvalue weighted by Gasteiger charge is -2.32. The fraction of sp³-hybridized carbons (Fsp3) is 0.889. The number of hydrogen-bond donors (Lipinski definition) is 3. The third-order valence-corrected chi connectivity index (χ3v) is 5.68. The van der Waals surface area contributed by atoms with Gasteiger partial charge >= 0.3 is 0 Å². The Morgan fingerprint density at radius 1 is 1.04 bits per heavy atom. The molecule has 2 atom stereocenters. The highest BCUT2D eigenvalue weighted by Crippen LogP contribution is 2.28. The molecule has 2 amide bonds. The molecule has 0 spiro atoms. The quantitative estimate of drug-likeness (QED) is 0.669. The third-order valence-electron chi connectivity index (χ3n) is 5.68. The lowest BCUT2D eigenvalue weighted by atomic mass is 9.81. The molecule has 5 heteroatoms. The van der Waals surface area contributed by atoms with Crippen LogP contribution in [0.3, 0.4) is 0 Å². The van der Waals surface area contributed by atoms with Crippen LogP contribution >= 0.6 is 0 Å². The van der Waals surface area contributed by atoms with E-state index < -0.39 is 0 Å². The average molecular weight is 323 g/mol. The van der Waals surface area contributed by atoms with Gasteiger partial charge in [-0.05, 0) is 56.5 Å². The van der Waals surface area contributed by atoms with E-state index in [1.54, 1.807) is 0 Å². The maximum absolute atomic E-state index is 12.5. The van der Waals surface area contributed by atoms with Gasteiger partial charge in [0.15, 0.2) is 0 Å². The largest absolute Gasteiger partial charge is 0.370 e. The van der Waals surface area contributed by atoms with E-state index in [1.165, 1.54) is 19.3 Å². The van der Waals surface area contributed by atoms with Crippen LogP contribution in [0.4, 0.5) is 0 Å². The molecule has 0 aromatic carbocycles. The van der Waals surface area contributed by atoms with Crippen LogP contribution < -0.4 is 16.4 Å². The predicted octanol–water partition coefficient (Wildman–Crippen LogP) is 1.95. The Bertz CT molecular complexity index is 388. The zero-order valence-electron chi connectivity index (χ0n) is 14.5. The van der Waals surface area contributed by atoms with Crippen molar-refractivity contribution in [3.8, 4) is 0 Å². The number of hydrogen-bond acceptors (Lipinski definition) is 3. The molecule has 0 aromatic heterocycles. The molecule has 1 heterocycles. The lowest BCUT2D eigenvalue weighted by molar-refractivity contribution is -0.124. The number of piperidine rings is 1. The minimum absolute atomic E-state index is 0.0690. The topological polar surface area (TPSA) is 84.2 Å². The van der Waals surface area contributed by atoms with Crippen LogP contribution in [0, 0.1) is 17.8 Å². The van der Waals surface area contributed by atoms with E-state index >= 15 is 0 Å². The second kappa shape index (κ2) is 9.26. The zero-order valence-corrected chi connectivity index (χ0v) is 14.5. The van der Waals surface area contributed by atoms with Crippen molar-refractivity contribution in [2.75, 3.05) is 13.1 Å². The Kier molecular flexibility index (Phi) is 7.34. The molecule has 2 rings (SSSR count). The molecule has 1 aliphatic carbocycles. The second-order valence-electron chi connectivity index (χ2n) is 7.51. The van der Waals surface area contributed by atoms with Crippen LogP contribution in [0.1, 0.15) is 64.7 Å². The Labute approximate surface area is 140 Å². The molecular weight excluding hydrogens is 290 g/mol. The summed E-state index contributed by atoms with van der Waals surface area (Å²) in [6.07, 6.45) is 9.00. The van der Waals surface area contributed by atoms with Gasteiger partial charge in [-0.2, -0.15) is 0 Å². The second-order valence-corrected chi connectivity index (χ2v) is 7.51. The number of primary amides is 1. The van der Waals surface area contributed by atoms with Gasteiger partial charge in [0.05, 0.1) is 0 Å². The highest BCUT2D eigenvalue weighted by molar-refractivity contribution is 5.79. The van der Waals surface area contributed by atoms with Crippen LogP contribution in [-0.4, -0.2) is 30.9 Å². The molecule has 0 radical (unpaired) electrons. The van der Waals surface area contributed by atoms with Crippen molar-refractivity contribution in [3.05, 3.63) is 0 Å². The Morgan fingerprint density at radius 2 is 1.70 bits per heavy atom. The van der Waals surface area contributed by atoms with Crippen LogP contribution in [0.5, 0.6) is 0 Å². The minimum atomic E-state index is -0.313. The van der Waals surface area contributed by atoms with Crippen molar-refractivity contribution >= 4 is 11.8 Å². The smallest absolute Gasteiger partial charge is 0.220 e. The summed E-state index contributed by atoms with van der Waals surface area (Å²) in [5, 5.41) is 6.50. The maximum atomic E-state index is 12.5. The number of nitrogens with one attached hydrogen (secondary N) is 2. The van der Waals surface area contributed by atoms with E-state index in [9.17, 15) is 9.59 Å². The van der Waals surface area contributed by atoms with Crippen molar-refractivity contribution in [2.24, 2.45) is 23.5 Å². The van der Waals surface area contributed by atoms with E-state index in [1.807, 2.05) is 0 Å². The van der Waals surface area contributed by atoms with Gasteiger partial charge in [-0.15, -0.1) is 0 Å². The first kappa shape index (κ1) is 18.2. The van der Waals surface area contributed by atoms with Gasteiger partial charge < -0.3 is 16.4 Å². The number of amides is 2. The van der Waals surface area contributed by atoms with Crippen LogP contribution in [-0.2, 0) is 9.59 Å². The monoisotopic (exact) mass is 323 g/mol. The number of rotatable bonds is 7. The van der Waals surface area contributed by atoms with E-state index in [0.29, 0.717) is 24.2 Å². The molecule has 2 aliphatic rings. The van der Waals surface area contributed by atoms with Crippen molar-refractivity contribution in [3.63, 3.8) is 0 Å². The average Bonchev–Trinajstić information content (AvgIpc) is 2.55. The highest BCUT2D eigenvalue weighted by atomic mass is 16.2. The van der Waals surface area contributed by atoms with Crippen molar-refractivity contribution < 1.29 is 9.59 Å². The summed E-state index contributed by atoms with van der Waals surface area (Å²) in [6, 6.07) is -0.0690. The van der Waals surface area contributed by atoms with Gasteiger partial charge in [0, 0.05) is 18.9 Å². The van der Waals surface area contributed by atoms with Gasteiger partial charge in [0.25, 0.3) is 0 Å². The molecule has 2 unspecified atom stereocenters. The molecule has 23 heavy (non-hydrogen) atoms. The van der Waals surface area contributed by atoms with E-state index in [-0.39, 0.29) is 24.3 Å². The van der Waals surface area contributed by atoms with E-state index in [2.05, 4.69) is 17.6 Å². The van der Waals surface area contributed by atoms with Gasteiger partial charge in [-0.1, -0.05) is 26.2 Å². The summed E-state index contributed by atoms with van der Waals surface area (Å²) in [7, 11) is 0. The number of nitrogens with two attached hydrogens (primary N) is 1. The van der Waals surface area contributed by atoms with Crippen LogP contribution in [0.2, 0.25) is 0 Å². The highest BCUT2D eigenvalue weighted by Gasteiger charge is 2.28. The first-order valence-corrected chi connectivity index (χ1v) is 9.34. The summed E-state index contributed by atoms with van der Waals surface area (Å²) in [4.78, 5) is 23.8. The first-order chi connectivity index (χ1) is 11.1. The fourth-order valence-corrected chi connectivity index (χ4v) is 4.23. The first-order valence-electron chi connectivity index (χ1n) is 9.34. The van der Waals surface area contributed by atoms with E-state index in [4.69, 9.17) is 5.73 Å². The summed E-state index contributed by atoms with van der Waals surface area (Å²) in [5.74, 6) is 1.22. The molecule has 1 saturated carbocycles.